The third-order valence-corrected chi connectivity index (χ3v) is 11.0. The Balaban J connectivity index is 0.000000201. The van der Waals surface area contributed by atoms with E-state index in [0.717, 1.165) is 16.4 Å². The minimum atomic E-state index is -2.17. The number of thiophene rings is 1. The molecule has 48 heavy (non-hydrogen) atoms. The molecule has 0 spiro atoms. The molecule has 7 aromatic rings. The quantitative estimate of drug-likeness (QED) is 0.127. The van der Waals surface area contributed by atoms with Gasteiger partial charge >= 0.3 is 0 Å². The van der Waals surface area contributed by atoms with Crippen LogP contribution in [0.4, 0.5) is 0 Å². The summed E-state index contributed by atoms with van der Waals surface area (Å²) < 4.78 is 42.6. The number of benzene rings is 4. The summed E-state index contributed by atoms with van der Waals surface area (Å²) in [4.78, 5) is 9.07. The van der Waals surface area contributed by atoms with E-state index in [1.165, 1.54) is 37.4 Å². The standard InChI is InChI=1S/C23H14NS.C20H28NSi.Ir/c1-2-7-16(8-3-1)17-12-13-18-19-9-6-10-20(21-11-4-5-14-24-21)23(19)25-22(18)15-17;1-15-8-10-16(11-9-15)18-12-17(13-20(2,3)4)19(14-21-18)22(5,6)7;/h1-9,11-15H;8-10,12,14H,13H2,1-7H3;/q2*-1;/i;1D3,13D2;. The van der Waals surface area contributed by atoms with Crippen LogP contribution in [0.5, 0.6) is 0 Å². The molecule has 0 saturated heterocycles. The van der Waals surface area contributed by atoms with Crippen LogP contribution >= 0.6 is 11.3 Å². The van der Waals surface area contributed by atoms with Crippen LogP contribution in [0.2, 0.25) is 19.6 Å². The Morgan fingerprint density at radius 3 is 2.27 bits per heavy atom. The molecular weight excluding hydrogens is 797 g/mol. The Hall–Kier alpha value is -3.73. The van der Waals surface area contributed by atoms with Crippen LogP contribution < -0.4 is 5.19 Å². The SMILES string of the molecule is [2H]C([2H])([2H])c1c[c-]c(-c2cc(C([2H])([2H])C(C)(C)C)c([Si](C)(C)C)cn2)cc1.[Ir].[c-]1ccc2c(sc3cc(-c4ccccc4)ccc32)c1-c1ccccn1. The Labute approximate surface area is 311 Å². The summed E-state index contributed by atoms with van der Waals surface area (Å²) in [5, 5.41) is 3.58. The zero-order chi connectivity index (χ0) is 37.5. The van der Waals surface area contributed by atoms with Gasteiger partial charge in [0.15, 0.2) is 0 Å². The van der Waals surface area contributed by atoms with E-state index in [2.05, 4.69) is 96.3 Å². The van der Waals surface area contributed by atoms with E-state index < -0.39 is 26.7 Å². The van der Waals surface area contributed by atoms with Crippen LogP contribution in [0.25, 0.3) is 53.8 Å². The van der Waals surface area contributed by atoms with Crippen molar-refractivity contribution in [1.82, 2.24) is 9.97 Å². The predicted molar refractivity (Wildman–Crippen MR) is 206 cm³/mol. The third kappa shape index (κ3) is 8.27. The van der Waals surface area contributed by atoms with Gasteiger partial charge in [0.2, 0.25) is 0 Å². The van der Waals surface area contributed by atoms with Gasteiger partial charge in [-0.1, -0.05) is 119 Å². The topological polar surface area (TPSA) is 25.8 Å². The average Bonchev–Trinajstić information content (AvgIpc) is 3.49. The van der Waals surface area contributed by atoms with E-state index in [1.54, 1.807) is 18.3 Å². The molecule has 0 aliphatic rings. The molecule has 3 heterocycles. The Bertz CT molecular complexity index is 2330. The summed E-state index contributed by atoms with van der Waals surface area (Å²) in [6.45, 7) is 10.1. The van der Waals surface area contributed by atoms with Gasteiger partial charge in [0.1, 0.15) is 0 Å². The molecule has 0 aliphatic carbocycles. The van der Waals surface area contributed by atoms with Gasteiger partial charge in [0.05, 0.1) is 8.07 Å². The molecule has 3 aromatic heterocycles. The maximum absolute atomic E-state index is 8.79. The molecule has 0 aliphatic heterocycles. The summed E-state index contributed by atoms with van der Waals surface area (Å²) in [6.07, 6.45) is 2.10. The first kappa shape index (κ1) is 29.2. The molecule has 0 amide bonds. The fourth-order valence-corrected chi connectivity index (χ4v) is 8.19. The van der Waals surface area contributed by atoms with Crippen LogP contribution in [0.15, 0.2) is 116 Å². The van der Waals surface area contributed by atoms with Crippen LogP contribution in [-0.2, 0) is 26.5 Å². The van der Waals surface area contributed by atoms with E-state index in [-0.39, 0.29) is 25.7 Å². The fraction of sp³-hybridized carbons (Fsp3) is 0.209. The number of pyridine rings is 2. The summed E-state index contributed by atoms with van der Waals surface area (Å²) in [5.41, 5.74) is 6.16. The van der Waals surface area contributed by atoms with E-state index in [1.807, 2.05) is 68.6 Å². The fourth-order valence-electron chi connectivity index (χ4n) is 5.54. The van der Waals surface area contributed by atoms with E-state index in [0.29, 0.717) is 16.8 Å². The van der Waals surface area contributed by atoms with E-state index in [9.17, 15) is 0 Å². The number of aryl methyl sites for hydroxylation is 1. The zero-order valence-corrected chi connectivity index (χ0v) is 32.3. The van der Waals surface area contributed by atoms with E-state index >= 15 is 0 Å². The molecule has 1 radical (unpaired) electrons. The summed E-state index contributed by atoms with van der Waals surface area (Å²) in [5.74, 6) is 0. The molecule has 0 bridgehead atoms. The number of fused-ring (bicyclic) bond motifs is 3. The number of aromatic nitrogens is 2. The molecule has 0 atom stereocenters. The van der Waals surface area contributed by atoms with Crippen LogP contribution in [0, 0.1) is 24.4 Å². The summed E-state index contributed by atoms with van der Waals surface area (Å²) >= 11 is 1.82. The zero-order valence-electron chi connectivity index (χ0n) is 33.1. The van der Waals surface area contributed by atoms with Crippen molar-refractivity contribution in [3.63, 3.8) is 0 Å². The van der Waals surface area contributed by atoms with Gasteiger partial charge in [0, 0.05) is 44.1 Å². The van der Waals surface area contributed by atoms with Crippen molar-refractivity contribution in [2.24, 2.45) is 5.41 Å². The second-order valence-corrected chi connectivity index (χ2v) is 19.8. The van der Waals surface area contributed by atoms with E-state index in [4.69, 9.17) is 6.85 Å². The van der Waals surface area contributed by atoms with Crippen LogP contribution in [0.1, 0.15) is 38.8 Å². The number of rotatable bonds is 5. The minimum Gasteiger partial charge on any atom is -0.305 e. The third-order valence-electron chi connectivity index (χ3n) is 7.77. The van der Waals surface area contributed by atoms with Gasteiger partial charge in [0.25, 0.3) is 0 Å². The molecular formula is C43H42IrN2SSi-2. The maximum atomic E-state index is 8.79. The van der Waals surface area contributed by atoms with Crippen molar-refractivity contribution in [2.45, 2.75) is 53.6 Å². The molecule has 7 rings (SSSR count). The van der Waals surface area contributed by atoms with Crippen molar-refractivity contribution in [3.05, 3.63) is 139 Å². The Morgan fingerprint density at radius 1 is 0.812 bits per heavy atom. The van der Waals surface area contributed by atoms with Crippen molar-refractivity contribution in [2.75, 3.05) is 0 Å². The first-order valence-electron chi connectivity index (χ1n) is 18.3. The van der Waals surface area contributed by atoms with Crippen molar-refractivity contribution in [3.8, 4) is 33.6 Å². The number of hydrogen-bond acceptors (Lipinski definition) is 3. The molecule has 2 nitrogen and oxygen atoms in total. The van der Waals surface area contributed by atoms with Gasteiger partial charge in [-0.15, -0.1) is 59.2 Å². The first-order valence-corrected chi connectivity index (χ1v) is 20.1. The van der Waals surface area contributed by atoms with Crippen LogP contribution in [-0.4, -0.2) is 18.0 Å². The van der Waals surface area contributed by atoms with Crippen molar-refractivity contribution >= 4 is 44.8 Å². The van der Waals surface area contributed by atoms with Gasteiger partial charge < -0.3 is 9.97 Å². The summed E-state index contributed by atoms with van der Waals surface area (Å²) in [7, 11) is -1.81. The largest absolute Gasteiger partial charge is 0.305 e. The monoisotopic (exact) mass is 844 g/mol. The Morgan fingerprint density at radius 2 is 1.60 bits per heavy atom. The number of hydrogen-bond donors (Lipinski definition) is 0. The Kier molecular flexibility index (Phi) is 9.01. The van der Waals surface area contributed by atoms with Gasteiger partial charge in [-0.3, -0.25) is 0 Å². The second-order valence-electron chi connectivity index (χ2n) is 13.7. The normalized spacial score (nSPS) is 13.7. The van der Waals surface area contributed by atoms with Crippen molar-refractivity contribution < 1.29 is 27.0 Å². The molecule has 0 fully saturated rings. The molecule has 0 unspecified atom stereocenters. The molecule has 245 valence electrons. The average molecular weight is 844 g/mol. The molecule has 0 N–H and O–H groups in total. The smallest absolute Gasteiger partial charge is 0.0798 e. The number of nitrogens with zero attached hydrogens (tertiary/aromatic N) is 2. The first-order chi connectivity index (χ1) is 24.4. The van der Waals surface area contributed by atoms with Gasteiger partial charge in [-0.05, 0) is 61.7 Å². The van der Waals surface area contributed by atoms with Gasteiger partial charge in [-0.2, -0.15) is 11.3 Å². The summed E-state index contributed by atoms with van der Waals surface area (Å²) in [6, 6.07) is 40.4. The predicted octanol–water partition coefficient (Wildman–Crippen LogP) is 11.6. The van der Waals surface area contributed by atoms with Crippen LogP contribution in [0.3, 0.4) is 0 Å². The second kappa shape index (κ2) is 14.8. The minimum absolute atomic E-state index is 0. The molecule has 5 heteroatoms. The molecule has 4 aromatic carbocycles. The van der Waals surface area contributed by atoms with Crippen molar-refractivity contribution in [1.29, 1.82) is 0 Å². The molecule has 0 saturated carbocycles. The van der Waals surface area contributed by atoms with Gasteiger partial charge in [-0.25, -0.2) is 0 Å². The maximum Gasteiger partial charge on any atom is 0.0798 e.